The van der Waals surface area contributed by atoms with Gasteiger partial charge in [0.25, 0.3) is 0 Å². The average molecular weight is 547 g/mol. The van der Waals surface area contributed by atoms with Crippen LogP contribution in [0.25, 0.3) is 38.7 Å². The summed E-state index contributed by atoms with van der Waals surface area (Å²) in [5.41, 5.74) is 11.3. The van der Waals surface area contributed by atoms with E-state index in [0.717, 1.165) is 50.9 Å². The van der Waals surface area contributed by atoms with E-state index in [2.05, 4.69) is 34.3 Å². The number of nitrogens with zero attached hydrogens (tertiary/aromatic N) is 5. The Morgan fingerprint density at radius 2 is 1.63 bits per heavy atom. The summed E-state index contributed by atoms with van der Waals surface area (Å²) >= 11 is 0. The topological polar surface area (TPSA) is 106 Å². The summed E-state index contributed by atoms with van der Waals surface area (Å²) in [6, 6.07) is 20.4. The van der Waals surface area contributed by atoms with Crippen LogP contribution in [-0.4, -0.2) is 62.3 Å². The number of likely N-dealkylation sites (tertiary alicyclic amines) is 1. The molecule has 2 saturated heterocycles. The number of carbonyl (C=O) groups excluding carboxylic acids is 2. The maximum Gasteiger partial charge on any atom is 0.410 e. The summed E-state index contributed by atoms with van der Waals surface area (Å²) in [5.74, 6) is -0.453. The molecular weight excluding hydrogens is 516 g/mol. The minimum Gasteiger partial charge on any atom is -0.444 e. The summed E-state index contributed by atoms with van der Waals surface area (Å²) < 4.78 is 7.31. The molecule has 2 aliphatic rings. The van der Waals surface area contributed by atoms with Gasteiger partial charge in [-0.3, -0.25) is 9.69 Å². The van der Waals surface area contributed by atoms with Gasteiger partial charge >= 0.3 is 6.09 Å². The van der Waals surface area contributed by atoms with Crippen molar-refractivity contribution in [2.75, 3.05) is 18.0 Å². The summed E-state index contributed by atoms with van der Waals surface area (Å²) in [5, 5.41) is 6.33. The first-order chi connectivity index (χ1) is 19.7. The van der Waals surface area contributed by atoms with Gasteiger partial charge in [-0.1, -0.05) is 42.5 Å². The lowest BCUT2D eigenvalue weighted by Crippen LogP contribution is -2.80. The second-order valence-corrected chi connectivity index (χ2v) is 11.7. The monoisotopic (exact) mass is 546 g/mol. The van der Waals surface area contributed by atoms with E-state index in [-0.39, 0.29) is 12.1 Å². The lowest BCUT2D eigenvalue weighted by atomic mass is 9.85. The van der Waals surface area contributed by atoms with Gasteiger partial charge in [0.2, 0.25) is 5.91 Å². The minimum absolute atomic E-state index is 0.217. The zero-order valence-corrected chi connectivity index (χ0v) is 23.1. The maximum atomic E-state index is 12.4. The lowest BCUT2D eigenvalue weighted by molar-refractivity contribution is -0.0309. The van der Waals surface area contributed by atoms with E-state index in [0.29, 0.717) is 18.2 Å². The van der Waals surface area contributed by atoms with Gasteiger partial charge < -0.3 is 15.4 Å². The molecule has 0 radical (unpaired) electrons. The smallest absolute Gasteiger partial charge is 0.410 e. The molecule has 2 N–H and O–H groups in total. The van der Waals surface area contributed by atoms with Crippen LogP contribution in [0.3, 0.4) is 0 Å². The molecule has 2 amide bonds. The highest BCUT2D eigenvalue weighted by atomic mass is 16.6. The standard InChI is InChI=1S/C32H30N6O3/c1-32(2,3)41-31(40)37-18-27-28(37)17-36(27)21-10-8-19(9-11-21)20-14-34-30-26(15-35-38(30)16-20)24-12-13-25(29(33)39)23-7-5-4-6-22(23)24/h4-16,27-28H,17-18H2,1-3H3,(H2,33,39)/t27-,28?/m1/s1. The van der Waals surface area contributed by atoms with Crippen molar-refractivity contribution in [1.29, 1.82) is 0 Å². The van der Waals surface area contributed by atoms with E-state index >= 15 is 0 Å². The fourth-order valence-electron chi connectivity index (χ4n) is 5.89. The van der Waals surface area contributed by atoms with E-state index in [1.807, 2.05) is 68.4 Å². The summed E-state index contributed by atoms with van der Waals surface area (Å²) in [6.07, 6.45) is 5.42. The highest BCUT2D eigenvalue weighted by Gasteiger charge is 2.54. The number of hydrogen-bond acceptors (Lipinski definition) is 6. The van der Waals surface area contributed by atoms with Gasteiger partial charge in [-0.2, -0.15) is 5.10 Å². The second kappa shape index (κ2) is 9.05. The van der Waals surface area contributed by atoms with Crippen LogP contribution in [0.5, 0.6) is 0 Å². The van der Waals surface area contributed by atoms with Crippen LogP contribution in [0.15, 0.2) is 79.3 Å². The Morgan fingerprint density at radius 3 is 2.32 bits per heavy atom. The van der Waals surface area contributed by atoms with Gasteiger partial charge in [-0.05, 0) is 60.9 Å². The first-order valence-corrected chi connectivity index (χ1v) is 13.7. The second-order valence-electron chi connectivity index (χ2n) is 11.7. The number of anilines is 1. The molecule has 9 heteroatoms. The zero-order valence-electron chi connectivity index (χ0n) is 23.1. The molecule has 2 aliphatic heterocycles. The number of piperazine rings is 1. The third-order valence-electron chi connectivity index (χ3n) is 8.01. The number of amides is 2. The quantitative estimate of drug-likeness (QED) is 0.335. The first-order valence-electron chi connectivity index (χ1n) is 13.7. The number of ether oxygens (including phenoxy) is 1. The molecule has 4 heterocycles. The molecule has 2 atom stereocenters. The predicted octanol–water partition coefficient (Wildman–Crippen LogP) is 5.12. The molecule has 7 rings (SSSR count). The zero-order chi connectivity index (χ0) is 28.5. The highest BCUT2D eigenvalue weighted by molar-refractivity contribution is 6.11. The Labute approximate surface area is 237 Å². The molecule has 3 aromatic carbocycles. The molecule has 0 spiro atoms. The number of primary amides is 1. The third kappa shape index (κ3) is 4.16. The molecule has 5 aromatic rings. The Morgan fingerprint density at radius 1 is 0.878 bits per heavy atom. The van der Waals surface area contributed by atoms with Gasteiger partial charge in [0.15, 0.2) is 5.65 Å². The summed E-state index contributed by atoms with van der Waals surface area (Å²) in [7, 11) is 0. The van der Waals surface area contributed by atoms with Gasteiger partial charge in [0.05, 0.1) is 18.3 Å². The van der Waals surface area contributed by atoms with Gasteiger partial charge in [0, 0.05) is 47.9 Å². The van der Waals surface area contributed by atoms with Crippen molar-refractivity contribution >= 4 is 34.1 Å². The summed E-state index contributed by atoms with van der Waals surface area (Å²) in [6.45, 7) is 7.17. The Bertz CT molecular complexity index is 1840. The van der Waals surface area contributed by atoms with Crippen molar-refractivity contribution in [3.63, 3.8) is 0 Å². The van der Waals surface area contributed by atoms with Crippen LogP contribution < -0.4 is 10.6 Å². The molecule has 9 nitrogen and oxygen atoms in total. The molecule has 0 aliphatic carbocycles. The van der Waals surface area contributed by atoms with Crippen molar-refractivity contribution in [1.82, 2.24) is 19.5 Å². The van der Waals surface area contributed by atoms with Crippen LogP contribution >= 0.6 is 0 Å². The van der Waals surface area contributed by atoms with Crippen molar-refractivity contribution < 1.29 is 14.3 Å². The SMILES string of the molecule is CC(C)(C)OC(=O)N1C[C@@H]2C1CN2c1ccc(-c2cnc3c(-c4ccc(C(N)=O)c5ccccc45)cnn3c2)cc1. The fraction of sp³-hybridized carbons (Fsp3) is 0.250. The van der Waals surface area contributed by atoms with Gasteiger partial charge in [0.1, 0.15) is 5.60 Å². The molecule has 206 valence electrons. The maximum absolute atomic E-state index is 12.4. The van der Waals surface area contributed by atoms with Crippen LogP contribution in [0, 0.1) is 0 Å². The van der Waals surface area contributed by atoms with Crippen LogP contribution in [0.4, 0.5) is 10.5 Å². The number of hydrogen-bond donors (Lipinski definition) is 1. The van der Waals surface area contributed by atoms with E-state index in [1.165, 1.54) is 0 Å². The van der Waals surface area contributed by atoms with Crippen LogP contribution in [0.1, 0.15) is 31.1 Å². The summed E-state index contributed by atoms with van der Waals surface area (Å²) in [4.78, 5) is 33.3. The minimum atomic E-state index is -0.483. The molecule has 0 saturated carbocycles. The highest BCUT2D eigenvalue weighted by Crippen LogP contribution is 2.39. The average Bonchev–Trinajstić information content (AvgIpc) is 3.35. The van der Waals surface area contributed by atoms with Crippen LogP contribution in [-0.2, 0) is 4.74 Å². The molecule has 0 bridgehead atoms. The van der Waals surface area contributed by atoms with Crippen molar-refractivity contribution in [2.24, 2.45) is 5.73 Å². The van der Waals surface area contributed by atoms with Gasteiger partial charge in [-0.15, -0.1) is 0 Å². The number of rotatable bonds is 4. The normalized spacial score (nSPS) is 18.1. The number of benzene rings is 3. The first kappa shape index (κ1) is 25.1. The third-order valence-corrected chi connectivity index (χ3v) is 8.01. The van der Waals surface area contributed by atoms with E-state index in [4.69, 9.17) is 15.5 Å². The largest absolute Gasteiger partial charge is 0.444 e. The lowest BCUT2D eigenvalue weighted by Gasteiger charge is -2.62. The fourth-order valence-corrected chi connectivity index (χ4v) is 5.89. The number of carbonyl (C=O) groups is 2. The van der Waals surface area contributed by atoms with E-state index in [9.17, 15) is 9.59 Å². The van der Waals surface area contributed by atoms with Crippen molar-refractivity contribution in [3.8, 4) is 22.3 Å². The number of fused-ring (bicyclic) bond motifs is 3. The number of nitrogens with two attached hydrogens (primary N) is 1. The molecule has 1 unspecified atom stereocenters. The molecule has 2 aromatic heterocycles. The van der Waals surface area contributed by atoms with Crippen molar-refractivity contribution in [2.45, 2.75) is 38.5 Å². The predicted molar refractivity (Wildman–Crippen MR) is 158 cm³/mol. The Balaban J connectivity index is 1.10. The van der Waals surface area contributed by atoms with Crippen LogP contribution in [0.2, 0.25) is 0 Å². The number of aromatic nitrogens is 3. The molecule has 2 fully saturated rings. The van der Waals surface area contributed by atoms with Crippen molar-refractivity contribution in [3.05, 3.63) is 84.8 Å². The molecule has 41 heavy (non-hydrogen) atoms. The Kier molecular flexibility index (Phi) is 5.54. The molecular formula is C32H30N6O3. The van der Waals surface area contributed by atoms with E-state index in [1.54, 1.807) is 16.8 Å². The van der Waals surface area contributed by atoms with Gasteiger partial charge in [-0.25, -0.2) is 14.3 Å². The Hall–Kier alpha value is -4.92. The van der Waals surface area contributed by atoms with E-state index < -0.39 is 11.5 Å².